The van der Waals surface area contributed by atoms with Gasteiger partial charge in [0.1, 0.15) is 4.90 Å². The first kappa shape index (κ1) is 11.6. The van der Waals surface area contributed by atoms with Gasteiger partial charge in [-0.05, 0) is 25.5 Å². The first-order chi connectivity index (χ1) is 6.73. The fourth-order valence-electron chi connectivity index (χ4n) is 1.30. The molecular formula is C8H9NO5S. The average Bonchev–Trinajstić information content (AvgIpc) is 2.00. The molecule has 0 aliphatic heterocycles. The molecule has 0 aliphatic rings. The molecule has 0 aromatic heterocycles. The molecule has 0 heterocycles. The number of benzene rings is 1. The molecule has 1 rings (SSSR count). The Morgan fingerprint density at radius 2 is 1.80 bits per heavy atom. The summed E-state index contributed by atoms with van der Waals surface area (Å²) in [6, 6.07) is 2.21. The highest BCUT2D eigenvalue weighted by Gasteiger charge is 2.20. The first-order valence-electron chi connectivity index (χ1n) is 3.96. The smallest absolute Gasteiger partial charge is 0.282 e. The molecular weight excluding hydrogens is 222 g/mol. The Labute approximate surface area is 86.4 Å². The van der Waals surface area contributed by atoms with Gasteiger partial charge in [0.25, 0.3) is 15.8 Å². The fourth-order valence-corrected chi connectivity index (χ4v) is 2.02. The molecule has 6 nitrogen and oxygen atoms in total. The third-order valence-electron chi connectivity index (χ3n) is 1.97. The average molecular weight is 231 g/mol. The van der Waals surface area contributed by atoms with E-state index in [9.17, 15) is 18.5 Å². The Kier molecular flexibility index (Phi) is 2.78. The molecule has 1 aromatic carbocycles. The predicted molar refractivity (Wildman–Crippen MR) is 52.4 cm³/mol. The second-order valence-electron chi connectivity index (χ2n) is 3.14. The lowest BCUT2D eigenvalue weighted by molar-refractivity contribution is -0.385. The summed E-state index contributed by atoms with van der Waals surface area (Å²) in [7, 11) is -4.41. The van der Waals surface area contributed by atoms with Gasteiger partial charge in [-0.25, -0.2) is 0 Å². The van der Waals surface area contributed by atoms with Crippen molar-refractivity contribution in [2.75, 3.05) is 0 Å². The monoisotopic (exact) mass is 231 g/mol. The van der Waals surface area contributed by atoms with Gasteiger partial charge in [-0.3, -0.25) is 14.7 Å². The maximum atomic E-state index is 10.9. The first-order valence-corrected chi connectivity index (χ1v) is 5.40. The summed E-state index contributed by atoms with van der Waals surface area (Å²) >= 11 is 0. The van der Waals surface area contributed by atoms with Crippen LogP contribution in [0, 0.1) is 24.0 Å². The molecule has 7 heteroatoms. The summed E-state index contributed by atoms with van der Waals surface area (Å²) in [5.41, 5.74) is 0.304. The van der Waals surface area contributed by atoms with Crippen molar-refractivity contribution in [3.8, 4) is 0 Å². The molecule has 0 aliphatic carbocycles. The maximum absolute atomic E-state index is 10.9. The van der Waals surface area contributed by atoms with Crippen LogP contribution in [-0.4, -0.2) is 17.9 Å². The highest BCUT2D eigenvalue weighted by atomic mass is 32.2. The molecule has 0 unspecified atom stereocenters. The highest BCUT2D eigenvalue weighted by Crippen LogP contribution is 2.25. The van der Waals surface area contributed by atoms with Crippen molar-refractivity contribution in [2.24, 2.45) is 0 Å². The maximum Gasteiger partial charge on any atom is 0.295 e. The van der Waals surface area contributed by atoms with Crippen LogP contribution in [0.4, 0.5) is 5.69 Å². The van der Waals surface area contributed by atoms with E-state index < -0.39 is 19.9 Å². The molecule has 0 amide bonds. The van der Waals surface area contributed by atoms with Gasteiger partial charge in [0.15, 0.2) is 0 Å². The summed E-state index contributed by atoms with van der Waals surface area (Å²) in [6.07, 6.45) is 0. The molecule has 0 fully saturated rings. The lowest BCUT2D eigenvalue weighted by Gasteiger charge is -2.04. The van der Waals surface area contributed by atoms with E-state index in [0.29, 0.717) is 5.56 Å². The van der Waals surface area contributed by atoms with Gasteiger partial charge in [-0.15, -0.1) is 0 Å². The van der Waals surface area contributed by atoms with Gasteiger partial charge in [-0.1, -0.05) is 0 Å². The summed E-state index contributed by atoms with van der Waals surface area (Å²) in [4.78, 5) is 9.42. The third-order valence-corrected chi connectivity index (χ3v) is 2.96. The van der Waals surface area contributed by atoms with E-state index in [4.69, 9.17) is 4.55 Å². The Morgan fingerprint density at radius 1 is 1.27 bits per heavy atom. The van der Waals surface area contributed by atoms with Gasteiger partial charge in [0, 0.05) is 11.6 Å². The quantitative estimate of drug-likeness (QED) is 0.472. The third kappa shape index (κ3) is 2.31. The number of aryl methyl sites for hydroxylation is 2. The summed E-state index contributed by atoms with van der Waals surface area (Å²) in [5.74, 6) is 0. The van der Waals surface area contributed by atoms with Crippen LogP contribution in [0.3, 0.4) is 0 Å². The Hall–Kier alpha value is -1.47. The van der Waals surface area contributed by atoms with Crippen molar-refractivity contribution in [1.82, 2.24) is 0 Å². The number of hydrogen-bond donors (Lipinski definition) is 1. The number of nitrogens with zero attached hydrogens (tertiary/aromatic N) is 1. The number of nitro groups is 1. The van der Waals surface area contributed by atoms with E-state index in [1.54, 1.807) is 0 Å². The van der Waals surface area contributed by atoms with Crippen molar-refractivity contribution >= 4 is 15.8 Å². The van der Waals surface area contributed by atoms with Gasteiger partial charge in [-0.2, -0.15) is 8.42 Å². The minimum absolute atomic E-state index is 0.278. The molecule has 1 N–H and O–H groups in total. The topological polar surface area (TPSA) is 97.5 Å². The second kappa shape index (κ2) is 3.59. The normalized spacial score (nSPS) is 11.4. The molecule has 0 bridgehead atoms. The van der Waals surface area contributed by atoms with E-state index in [0.717, 1.165) is 6.07 Å². The number of hydrogen-bond acceptors (Lipinski definition) is 4. The molecule has 15 heavy (non-hydrogen) atoms. The standard InChI is InChI=1S/C8H9NO5S/c1-5-3-6(2)8(15(12,13)14)4-7(5)9(10)11/h3-4H,1-2H3,(H,12,13,14). The molecule has 1 aromatic rings. The van der Waals surface area contributed by atoms with Gasteiger partial charge >= 0.3 is 0 Å². The summed E-state index contributed by atoms with van der Waals surface area (Å²) < 4.78 is 30.6. The van der Waals surface area contributed by atoms with E-state index in [1.807, 2.05) is 0 Å². The zero-order valence-corrected chi connectivity index (χ0v) is 8.91. The number of nitro benzene ring substituents is 1. The van der Waals surface area contributed by atoms with Crippen LogP contribution in [0.25, 0.3) is 0 Å². The van der Waals surface area contributed by atoms with Crippen molar-refractivity contribution < 1.29 is 17.9 Å². The molecule has 0 radical (unpaired) electrons. The lowest BCUT2D eigenvalue weighted by Crippen LogP contribution is -2.03. The fraction of sp³-hybridized carbons (Fsp3) is 0.250. The minimum atomic E-state index is -4.41. The molecule has 82 valence electrons. The summed E-state index contributed by atoms with van der Waals surface area (Å²) in [6.45, 7) is 2.96. The van der Waals surface area contributed by atoms with Crippen LogP contribution in [0.5, 0.6) is 0 Å². The van der Waals surface area contributed by atoms with Crippen LogP contribution in [-0.2, 0) is 10.1 Å². The molecule has 0 spiro atoms. The van der Waals surface area contributed by atoms with Crippen molar-refractivity contribution in [3.63, 3.8) is 0 Å². The largest absolute Gasteiger partial charge is 0.295 e. The Balaban J connectivity index is 3.58. The van der Waals surface area contributed by atoms with Gasteiger partial charge in [0.2, 0.25) is 0 Å². The molecule has 0 saturated carbocycles. The summed E-state index contributed by atoms with van der Waals surface area (Å²) in [5, 5.41) is 10.5. The SMILES string of the molecule is Cc1cc(C)c(S(=O)(=O)O)cc1[N+](=O)[O-]. The zero-order valence-electron chi connectivity index (χ0n) is 8.09. The second-order valence-corrected chi connectivity index (χ2v) is 4.53. The lowest BCUT2D eigenvalue weighted by atomic mass is 10.1. The van der Waals surface area contributed by atoms with E-state index in [-0.39, 0.29) is 11.3 Å². The van der Waals surface area contributed by atoms with Crippen LogP contribution in [0.1, 0.15) is 11.1 Å². The molecule has 0 saturated heterocycles. The van der Waals surface area contributed by atoms with Crippen molar-refractivity contribution in [2.45, 2.75) is 18.7 Å². The van der Waals surface area contributed by atoms with Crippen LogP contribution in [0.15, 0.2) is 17.0 Å². The van der Waals surface area contributed by atoms with E-state index >= 15 is 0 Å². The van der Waals surface area contributed by atoms with Crippen molar-refractivity contribution in [1.29, 1.82) is 0 Å². The minimum Gasteiger partial charge on any atom is -0.282 e. The Morgan fingerprint density at radius 3 is 2.20 bits per heavy atom. The Bertz CT molecular complexity index is 520. The van der Waals surface area contributed by atoms with Crippen LogP contribution >= 0.6 is 0 Å². The van der Waals surface area contributed by atoms with Crippen molar-refractivity contribution in [3.05, 3.63) is 33.4 Å². The van der Waals surface area contributed by atoms with Gasteiger partial charge < -0.3 is 0 Å². The van der Waals surface area contributed by atoms with Crippen LogP contribution in [0.2, 0.25) is 0 Å². The highest BCUT2D eigenvalue weighted by molar-refractivity contribution is 7.85. The number of rotatable bonds is 2. The van der Waals surface area contributed by atoms with E-state index in [2.05, 4.69) is 0 Å². The molecule has 0 atom stereocenters. The predicted octanol–water partition coefficient (Wildman–Crippen LogP) is 1.46. The zero-order chi connectivity index (χ0) is 11.8. The van der Waals surface area contributed by atoms with E-state index in [1.165, 1.54) is 19.9 Å². The van der Waals surface area contributed by atoms with Gasteiger partial charge in [0.05, 0.1) is 4.92 Å². The van der Waals surface area contributed by atoms with Crippen LogP contribution < -0.4 is 0 Å².